The Bertz CT molecular complexity index is 4290. The zero-order valence-electron chi connectivity index (χ0n) is 57.2. The number of benzene rings is 1. The van der Waals surface area contributed by atoms with Gasteiger partial charge in [-0.2, -0.15) is 73.1 Å². The van der Waals surface area contributed by atoms with Gasteiger partial charge in [-0.05, 0) is 104 Å². The number of nitrogens with one attached hydrogen (secondary N) is 4. The zero-order chi connectivity index (χ0) is 76.4. The van der Waals surface area contributed by atoms with Crippen LogP contribution in [0.15, 0.2) is 103 Å². The van der Waals surface area contributed by atoms with Crippen molar-refractivity contribution in [3.05, 3.63) is 151 Å². The number of carbonyl (C=O) groups excluding carboxylic acids is 5. The summed E-state index contributed by atoms with van der Waals surface area (Å²) in [6, 6.07) is 26.4. The second-order valence-corrected chi connectivity index (χ2v) is 27.2. The minimum absolute atomic E-state index is 0.151. The zero-order valence-corrected chi connectivity index (χ0v) is 60.5. The first-order chi connectivity index (χ1) is 49.0. The average Bonchev–Trinajstić information content (AvgIpc) is 1.68. The van der Waals surface area contributed by atoms with Crippen LogP contribution in [0.4, 0.5) is 52.7 Å². The average molecular weight is 1550 g/mol. The van der Waals surface area contributed by atoms with Gasteiger partial charge in [-0.15, -0.1) is 45.3 Å². The molecule has 5 amide bonds. The highest BCUT2D eigenvalue weighted by Crippen LogP contribution is 2.39. The lowest BCUT2D eigenvalue weighted by atomic mass is 10.0. The van der Waals surface area contributed by atoms with E-state index in [1.54, 1.807) is 61.6 Å². The number of halogens is 12. The van der Waals surface area contributed by atoms with Gasteiger partial charge in [0, 0.05) is 102 Å². The molecular weight excluding hydrogens is 1480 g/mol. The van der Waals surface area contributed by atoms with Gasteiger partial charge in [-0.1, -0.05) is 37.3 Å². The Kier molecular flexibility index (Phi) is 29.2. The molecule has 4 N–H and O–H groups in total. The predicted octanol–water partition coefficient (Wildman–Crippen LogP) is 13.4. The number of rotatable bonds is 25. The van der Waals surface area contributed by atoms with Crippen LogP contribution in [0.3, 0.4) is 0 Å². The molecule has 0 radical (unpaired) electrons. The number of aryl methyl sites for hydroxylation is 4. The van der Waals surface area contributed by atoms with Crippen LogP contribution in [0.2, 0.25) is 0 Å². The molecule has 564 valence electrons. The maximum Gasteiger partial charge on any atom is 0.433 e. The molecule has 1 fully saturated rings. The third kappa shape index (κ3) is 23.1. The smallest absolute Gasteiger partial charge is 0.356 e. The predicted molar refractivity (Wildman–Crippen MR) is 366 cm³/mol. The normalized spacial score (nSPS) is 12.9. The third-order valence-electron chi connectivity index (χ3n) is 15.4. The number of nitrogens with zero attached hydrogens (tertiary/aromatic N) is 9. The number of hydrogen-bond acceptors (Lipinski definition) is 17. The van der Waals surface area contributed by atoms with Crippen molar-refractivity contribution in [2.24, 2.45) is 28.2 Å². The molecule has 0 saturated carbocycles. The Morgan fingerprint density at radius 3 is 1.10 bits per heavy atom. The van der Waals surface area contributed by atoms with Crippen molar-refractivity contribution >= 4 is 74.9 Å². The Morgan fingerprint density at radius 2 is 0.788 bits per heavy atom. The van der Waals surface area contributed by atoms with Gasteiger partial charge >= 0.3 is 24.7 Å². The standard InChI is InChI=1S/C19H18F3N3OS.C17H19F3N4O2S.C16H20F3N3O3S.C14H16F3N3O3S/c1-12(13-6-4-3-5-7-13)11-23-18(26)16-9-8-15(27-16)14-10-17(19(20,21)22)25(2)24-14;1-23-14(17(18,19)20)10-11(22-23)12-5-6-13(27-12)16(26)21-7-3-9-24-8-2-4-15(24)25;1-22-13(16(17,18)19)9-10(21-22)11-6-7-12(26-11)15(23)20-8-4-5-14(24-2)25-3;1-20-11(14(15,16)17)6-8(19-20)9-4-5-10(24-9)13(21)18-7-12(22-2)23-3/h3-10,12H,11H2,1-2H3,(H,23,26);5-6,10H,2-4,7-9H2,1H3,(H,21,26);6-7,9,14H,4-5,8H2,1-3H3,(H,20,23);4-6,12H,7H2,1-3H3,(H,18,21)/t12-;;;/m1.../s1. The number of likely N-dealkylation sites (tertiary alicyclic amines) is 1. The quantitative estimate of drug-likeness (QED) is 0.0237. The molecule has 22 nitrogen and oxygen atoms in total. The summed E-state index contributed by atoms with van der Waals surface area (Å²) in [6.45, 7) is 4.89. The first-order valence-corrected chi connectivity index (χ1v) is 34.7. The molecule has 0 spiro atoms. The third-order valence-corrected chi connectivity index (χ3v) is 19.8. The molecule has 1 aromatic carbocycles. The highest BCUT2D eigenvalue weighted by molar-refractivity contribution is 7.18. The lowest BCUT2D eigenvalue weighted by Gasteiger charge is -2.15. The number of hydrogen-bond donors (Lipinski definition) is 4. The molecule has 0 unspecified atom stereocenters. The van der Waals surface area contributed by atoms with Gasteiger partial charge in [0.2, 0.25) is 5.91 Å². The Hall–Kier alpha value is -8.79. The summed E-state index contributed by atoms with van der Waals surface area (Å²) in [5, 5.41) is 26.6. The van der Waals surface area contributed by atoms with E-state index in [9.17, 15) is 76.7 Å². The van der Waals surface area contributed by atoms with Crippen LogP contribution in [-0.2, 0) is 76.6 Å². The molecule has 104 heavy (non-hydrogen) atoms. The minimum atomic E-state index is -4.48. The SMILES string of the molecule is COC(CCCNC(=O)c1ccc(-c2cc(C(F)(F)F)n(C)n2)s1)OC.COC(CNC(=O)c1ccc(-c2cc(C(F)(F)F)n(C)n2)s1)OC.C[C@H](CNC(=O)c1ccc(-c2cc(C(F)(F)F)n(C)n2)s1)c1ccccc1.Cn1nc(-c2ccc(C(=O)NCCCN3CCCC3=O)s2)cc1C(F)(F)F. The van der Waals surface area contributed by atoms with Crippen LogP contribution in [0.25, 0.3) is 42.3 Å². The molecule has 0 bridgehead atoms. The van der Waals surface area contributed by atoms with Gasteiger partial charge < -0.3 is 45.1 Å². The molecule has 0 aliphatic carbocycles. The largest absolute Gasteiger partial charge is 0.433 e. The van der Waals surface area contributed by atoms with Crippen molar-refractivity contribution in [2.75, 3.05) is 67.7 Å². The summed E-state index contributed by atoms with van der Waals surface area (Å²) >= 11 is 4.36. The lowest BCUT2D eigenvalue weighted by Crippen LogP contribution is -2.33. The van der Waals surface area contributed by atoms with Crippen LogP contribution in [-0.4, -0.2) is 154 Å². The van der Waals surface area contributed by atoms with Gasteiger partial charge in [-0.25, -0.2) is 0 Å². The van der Waals surface area contributed by atoms with Crippen molar-refractivity contribution in [3.63, 3.8) is 0 Å². The fourth-order valence-electron chi connectivity index (χ4n) is 9.95. The maximum absolute atomic E-state index is 12.9. The number of ether oxygens (including phenoxy) is 4. The molecule has 1 saturated heterocycles. The summed E-state index contributed by atoms with van der Waals surface area (Å²) in [7, 11) is 10.9. The fourth-order valence-corrected chi connectivity index (χ4v) is 13.5. The van der Waals surface area contributed by atoms with E-state index in [0.29, 0.717) is 90.9 Å². The molecule has 9 heterocycles. The Balaban J connectivity index is 0.000000194. The topological polar surface area (TPSA) is 245 Å². The van der Waals surface area contributed by atoms with Crippen LogP contribution in [0.1, 0.15) is 112 Å². The molecule has 38 heteroatoms. The monoisotopic (exact) mass is 1550 g/mol. The van der Waals surface area contributed by atoms with E-state index in [1.165, 1.54) is 48.5 Å². The number of alkyl halides is 12. The number of carbonyl (C=O) groups is 5. The second-order valence-electron chi connectivity index (χ2n) is 22.8. The fraction of sp³-hybridized carbons (Fsp3) is 0.409. The van der Waals surface area contributed by atoms with Gasteiger partial charge in [-0.3, -0.25) is 42.7 Å². The molecule has 8 aromatic heterocycles. The summed E-state index contributed by atoms with van der Waals surface area (Å²) in [5.41, 5.74) is -1.49. The van der Waals surface area contributed by atoms with E-state index < -0.39 is 53.8 Å². The van der Waals surface area contributed by atoms with Gasteiger partial charge in [0.1, 0.15) is 45.6 Å². The maximum atomic E-state index is 12.9. The number of methoxy groups -OCH3 is 4. The van der Waals surface area contributed by atoms with Crippen molar-refractivity contribution in [3.8, 4) is 42.3 Å². The second kappa shape index (κ2) is 36.8. The number of amides is 5. The van der Waals surface area contributed by atoms with E-state index in [4.69, 9.17) is 18.9 Å². The molecule has 9 aromatic rings. The van der Waals surface area contributed by atoms with E-state index in [2.05, 4.69) is 41.7 Å². The van der Waals surface area contributed by atoms with Crippen LogP contribution in [0, 0.1) is 0 Å². The van der Waals surface area contributed by atoms with Crippen LogP contribution < -0.4 is 21.3 Å². The van der Waals surface area contributed by atoms with Gasteiger partial charge in [0.25, 0.3) is 23.6 Å². The highest BCUT2D eigenvalue weighted by Gasteiger charge is 2.39. The first-order valence-electron chi connectivity index (χ1n) is 31.5. The highest BCUT2D eigenvalue weighted by atomic mass is 32.1. The Labute approximate surface area is 604 Å². The molecular formula is C66H73F12N13O9S4. The summed E-state index contributed by atoms with van der Waals surface area (Å²) in [6.07, 6.45) is -15.3. The Morgan fingerprint density at radius 1 is 0.462 bits per heavy atom. The van der Waals surface area contributed by atoms with E-state index in [1.807, 2.05) is 37.3 Å². The summed E-state index contributed by atoms with van der Waals surface area (Å²) in [5.74, 6) is -0.874. The number of aromatic nitrogens is 8. The lowest BCUT2D eigenvalue weighted by molar-refractivity contribution is -0.144. The first kappa shape index (κ1) is 82.5. The molecule has 10 rings (SSSR count). The molecule has 1 aliphatic rings. The minimum Gasteiger partial charge on any atom is -0.356 e. The summed E-state index contributed by atoms with van der Waals surface area (Å²) in [4.78, 5) is 65.6. The van der Waals surface area contributed by atoms with Gasteiger partial charge in [0.15, 0.2) is 12.6 Å². The molecule has 1 aliphatic heterocycles. The van der Waals surface area contributed by atoms with Crippen LogP contribution in [0.5, 0.6) is 0 Å². The number of thiophene rings is 4. The van der Waals surface area contributed by atoms with Crippen molar-refractivity contribution in [1.29, 1.82) is 0 Å². The van der Waals surface area contributed by atoms with E-state index in [0.717, 1.165) is 107 Å². The van der Waals surface area contributed by atoms with Crippen molar-refractivity contribution < 1.29 is 95.6 Å². The molecule has 1 atom stereocenters. The van der Waals surface area contributed by atoms with Crippen LogP contribution >= 0.6 is 45.3 Å². The van der Waals surface area contributed by atoms with E-state index in [-0.39, 0.29) is 71.1 Å². The van der Waals surface area contributed by atoms with E-state index >= 15 is 0 Å². The summed E-state index contributed by atoms with van der Waals surface area (Å²) < 4.78 is 178. The van der Waals surface area contributed by atoms with Gasteiger partial charge in [0.05, 0.1) is 45.6 Å². The van der Waals surface area contributed by atoms with Crippen molar-refractivity contribution in [2.45, 2.75) is 82.2 Å². The van der Waals surface area contributed by atoms with Crippen molar-refractivity contribution in [1.82, 2.24) is 65.3 Å².